The Balaban J connectivity index is 2.69. The van der Waals surface area contributed by atoms with Crippen LogP contribution in [-0.4, -0.2) is 17.6 Å². The van der Waals surface area contributed by atoms with Gasteiger partial charge in [-0.05, 0) is 37.0 Å². The van der Waals surface area contributed by atoms with E-state index in [9.17, 15) is 4.79 Å². The highest BCUT2D eigenvalue weighted by Crippen LogP contribution is 2.18. The Morgan fingerprint density at radius 2 is 2.00 bits per heavy atom. The van der Waals surface area contributed by atoms with Gasteiger partial charge in [-0.1, -0.05) is 13.8 Å². The van der Waals surface area contributed by atoms with Crippen LogP contribution in [0.5, 0.6) is 0 Å². The quantitative estimate of drug-likeness (QED) is 0.717. The molecule has 0 amide bonds. The van der Waals surface area contributed by atoms with Crippen molar-refractivity contribution in [3.05, 3.63) is 30.1 Å². The van der Waals surface area contributed by atoms with Crippen LogP contribution in [-0.2, 0) is 16.0 Å². The van der Waals surface area contributed by atoms with Crippen LogP contribution in [0.25, 0.3) is 0 Å². The predicted octanol–water partition coefficient (Wildman–Crippen LogP) is 2.46. The Kier molecular flexibility index (Phi) is 4.96. The Labute approximate surface area is 96.8 Å². The molecule has 1 aromatic rings. The first-order chi connectivity index (χ1) is 7.65. The van der Waals surface area contributed by atoms with E-state index < -0.39 is 0 Å². The molecule has 16 heavy (non-hydrogen) atoms. The second-order valence-electron chi connectivity index (χ2n) is 4.16. The summed E-state index contributed by atoms with van der Waals surface area (Å²) in [5.41, 5.74) is 1.13. The van der Waals surface area contributed by atoms with Gasteiger partial charge in [0.25, 0.3) is 0 Å². The van der Waals surface area contributed by atoms with Gasteiger partial charge in [0.15, 0.2) is 0 Å². The van der Waals surface area contributed by atoms with Crippen LogP contribution in [0, 0.1) is 11.8 Å². The van der Waals surface area contributed by atoms with Gasteiger partial charge in [-0.2, -0.15) is 0 Å². The minimum atomic E-state index is -0.102. The van der Waals surface area contributed by atoms with Gasteiger partial charge in [0.05, 0.1) is 12.5 Å². The summed E-state index contributed by atoms with van der Waals surface area (Å²) in [4.78, 5) is 15.7. The van der Waals surface area contributed by atoms with Crippen LogP contribution in [0.15, 0.2) is 24.5 Å². The number of esters is 1. The van der Waals surface area contributed by atoms with Crippen LogP contribution in [0.2, 0.25) is 0 Å². The molecule has 0 radical (unpaired) electrons. The van der Waals surface area contributed by atoms with Gasteiger partial charge < -0.3 is 4.74 Å². The normalized spacial score (nSPS) is 12.5. The third-order valence-corrected chi connectivity index (χ3v) is 2.60. The fraction of sp³-hybridized carbons (Fsp3) is 0.538. The second-order valence-corrected chi connectivity index (χ2v) is 4.16. The van der Waals surface area contributed by atoms with Crippen LogP contribution in [0.3, 0.4) is 0 Å². The van der Waals surface area contributed by atoms with Crippen LogP contribution in [0.1, 0.15) is 26.3 Å². The molecule has 0 saturated heterocycles. The van der Waals surface area contributed by atoms with E-state index in [4.69, 9.17) is 4.74 Å². The van der Waals surface area contributed by atoms with Gasteiger partial charge in [-0.25, -0.2) is 0 Å². The molecule has 1 atom stereocenters. The zero-order chi connectivity index (χ0) is 12.0. The lowest BCUT2D eigenvalue weighted by Crippen LogP contribution is -2.25. The van der Waals surface area contributed by atoms with Gasteiger partial charge >= 0.3 is 5.97 Å². The van der Waals surface area contributed by atoms with Crippen molar-refractivity contribution < 1.29 is 9.53 Å². The second kappa shape index (κ2) is 6.26. The molecule has 1 aromatic heterocycles. The third-order valence-electron chi connectivity index (χ3n) is 2.60. The number of hydrogen-bond donors (Lipinski definition) is 0. The minimum absolute atomic E-state index is 0.0673. The van der Waals surface area contributed by atoms with E-state index in [0.717, 1.165) is 12.0 Å². The van der Waals surface area contributed by atoms with Crippen LogP contribution >= 0.6 is 0 Å². The largest absolute Gasteiger partial charge is 0.466 e. The fourth-order valence-electron chi connectivity index (χ4n) is 1.61. The molecule has 1 unspecified atom stereocenters. The number of aromatic nitrogens is 1. The molecule has 3 heteroatoms. The van der Waals surface area contributed by atoms with E-state index in [1.54, 1.807) is 12.4 Å². The third kappa shape index (κ3) is 3.65. The van der Waals surface area contributed by atoms with Gasteiger partial charge in [0, 0.05) is 12.4 Å². The number of pyridine rings is 1. The zero-order valence-corrected chi connectivity index (χ0v) is 10.1. The Morgan fingerprint density at radius 3 is 2.50 bits per heavy atom. The first-order valence-corrected chi connectivity index (χ1v) is 5.70. The summed E-state index contributed by atoms with van der Waals surface area (Å²) < 4.78 is 5.08. The average molecular weight is 221 g/mol. The first-order valence-electron chi connectivity index (χ1n) is 5.70. The highest BCUT2D eigenvalue weighted by atomic mass is 16.5. The van der Waals surface area contributed by atoms with E-state index in [0.29, 0.717) is 6.61 Å². The Morgan fingerprint density at radius 1 is 1.38 bits per heavy atom. The number of carbonyl (C=O) groups excluding carboxylic acids is 1. The number of nitrogens with zero attached hydrogens (tertiary/aromatic N) is 1. The van der Waals surface area contributed by atoms with Crippen molar-refractivity contribution in [2.24, 2.45) is 11.8 Å². The van der Waals surface area contributed by atoms with Crippen molar-refractivity contribution >= 4 is 5.97 Å². The van der Waals surface area contributed by atoms with Crippen LogP contribution < -0.4 is 0 Å². The minimum Gasteiger partial charge on any atom is -0.466 e. The molecule has 0 spiro atoms. The van der Waals surface area contributed by atoms with Crippen molar-refractivity contribution in [1.82, 2.24) is 4.98 Å². The van der Waals surface area contributed by atoms with Crippen molar-refractivity contribution in [3.63, 3.8) is 0 Å². The maximum Gasteiger partial charge on any atom is 0.309 e. The monoisotopic (exact) mass is 221 g/mol. The molecule has 1 rings (SSSR count). The maximum absolute atomic E-state index is 11.8. The van der Waals surface area contributed by atoms with Crippen LogP contribution in [0.4, 0.5) is 0 Å². The number of hydrogen-bond acceptors (Lipinski definition) is 3. The number of rotatable bonds is 5. The molecule has 0 aromatic carbocycles. The summed E-state index contributed by atoms with van der Waals surface area (Å²) in [6.07, 6.45) is 4.22. The lowest BCUT2D eigenvalue weighted by atomic mass is 9.89. The molecule has 0 aliphatic rings. The summed E-state index contributed by atoms with van der Waals surface area (Å²) in [5, 5.41) is 0. The summed E-state index contributed by atoms with van der Waals surface area (Å²) in [7, 11) is 0. The van der Waals surface area contributed by atoms with E-state index in [1.165, 1.54) is 0 Å². The van der Waals surface area contributed by atoms with Crippen molar-refractivity contribution in [2.75, 3.05) is 6.61 Å². The summed E-state index contributed by atoms with van der Waals surface area (Å²) in [5.74, 6) is 0.115. The lowest BCUT2D eigenvalue weighted by Gasteiger charge is -2.18. The summed E-state index contributed by atoms with van der Waals surface area (Å²) >= 11 is 0. The highest BCUT2D eigenvalue weighted by molar-refractivity contribution is 5.73. The first kappa shape index (κ1) is 12.7. The molecule has 0 aliphatic carbocycles. The number of ether oxygens (including phenoxy) is 1. The van der Waals surface area contributed by atoms with E-state index in [-0.39, 0.29) is 17.8 Å². The molecule has 3 nitrogen and oxygen atoms in total. The molecule has 1 heterocycles. The van der Waals surface area contributed by atoms with Gasteiger partial charge in [-0.15, -0.1) is 0 Å². The fourth-order valence-corrected chi connectivity index (χ4v) is 1.61. The van der Waals surface area contributed by atoms with Crippen molar-refractivity contribution in [1.29, 1.82) is 0 Å². The van der Waals surface area contributed by atoms with E-state index in [2.05, 4.69) is 4.98 Å². The summed E-state index contributed by atoms with van der Waals surface area (Å²) in [6, 6.07) is 3.88. The smallest absolute Gasteiger partial charge is 0.309 e. The van der Waals surface area contributed by atoms with Gasteiger partial charge in [-0.3, -0.25) is 9.78 Å². The average Bonchev–Trinajstić information content (AvgIpc) is 2.27. The molecular formula is C13H19NO2. The van der Waals surface area contributed by atoms with Gasteiger partial charge in [0.1, 0.15) is 0 Å². The van der Waals surface area contributed by atoms with E-state index in [1.807, 2.05) is 32.9 Å². The highest BCUT2D eigenvalue weighted by Gasteiger charge is 2.23. The molecule has 0 bridgehead atoms. The SMILES string of the molecule is CCOC(=O)C(Cc1ccncc1)C(C)C. The standard InChI is InChI=1S/C13H19NO2/c1-4-16-13(15)12(10(2)3)9-11-5-7-14-8-6-11/h5-8,10,12H,4,9H2,1-3H3. The zero-order valence-electron chi connectivity index (χ0n) is 10.1. The molecule has 0 N–H and O–H groups in total. The summed E-state index contributed by atoms with van der Waals surface area (Å²) in [6.45, 7) is 6.37. The predicted molar refractivity (Wildman–Crippen MR) is 62.9 cm³/mol. The lowest BCUT2D eigenvalue weighted by molar-refractivity contribution is -0.149. The van der Waals surface area contributed by atoms with Crippen molar-refractivity contribution in [2.45, 2.75) is 27.2 Å². The Hall–Kier alpha value is -1.38. The molecule has 0 aliphatic heterocycles. The molecule has 0 saturated carbocycles. The van der Waals surface area contributed by atoms with Crippen molar-refractivity contribution in [3.8, 4) is 0 Å². The topological polar surface area (TPSA) is 39.2 Å². The number of carbonyl (C=O) groups is 1. The molecular weight excluding hydrogens is 202 g/mol. The van der Waals surface area contributed by atoms with E-state index >= 15 is 0 Å². The molecule has 0 fully saturated rings. The Bertz CT molecular complexity index is 322. The van der Waals surface area contributed by atoms with Gasteiger partial charge in [0.2, 0.25) is 0 Å². The maximum atomic E-state index is 11.8. The molecule has 88 valence electrons.